The lowest BCUT2D eigenvalue weighted by Gasteiger charge is -2.18. The molecular weight excluding hydrogens is 997 g/mol. The highest BCUT2D eigenvalue weighted by Crippen LogP contribution is 2.16. The summed E-state index contributed by atoms with van der Waals surface area (Å²) in [6, 6.07) is 0. The van der Waals surface area contributed by atoms with Gasteiger partial charge in [-0.2, -0.15) is 0 Å². The standard InChI is InChI=1S/C75H128O6/c1-4-7-10-13-16-19-22-24-26-28-29-30-31-32-33-34-35-36-37-38-39-40-41-42-43-44-45-47-48-50-53-56-59-62-65-68-74(77)80-71-72(70-79-73(76)67-64-61-58-55-52-21-18-15-12-9-6-3)81-75(78)69-66-63-60-57-54-51-49-46-27-25-23-20-17-14-11-8-5-2/h7,10,16,19,24-27,29-30,32-33,35-36,38-39,41-42,72H,4-6,8-9,11-15,17-18,20-23,28,31,34,37,40,43-71H2,1-3H3/b10-7-,19-16-,26-24-,27-25-,30-29-,33-32-,36-35-,39-38-,42-41-. The maximum absolute atomic E-state index is 12.9. The summed E-state index contributed by atoms with van der Waals surface area (Å²) in [5.74, 6) is -0.875. The summed E-state index contributed by atoms with van der Waals surface area (Å²) in [5, 5.41) is 0. The van der Waals surface area contributed by atoms with Crippen LogP contribution in [0, 0.1) is 0 Å². The molecule has 1 unspecified atom stereocenters. The van der Waals surface area contributed by atoms with Crippen molar-refractivity contribution in [2.45, 2.75) is 335 Å². The zero-order valence-corrected chi connectivity index (χ0v) is 53.3. The molecule has 0 heterocycles. The van der Waals surface area contributed by atoms with Gasteiger partial charge in [-0.15, -0.1) is 0 Å². The molecule has 0 fully saturated rings. The van der Waals surface area contributed by atoms with Gasteiger partial charge in [-0.3, -0.25) is 14.4 Å². The third kappa shape index (κ3) is 66.8. The van der Waals surface area contributed by atoms with E-state index in [2.05, 4.69) is 130 Å². The van der Waals surface area contributed by atoms with Crippen LogP contribution in [-0.4, -0.2) is 37.2 Å². The van der Waals surface area contributed by atoms with E-state index < -0.39 is 6.10 Å². The third-order valence-electron chi connectivity index (χ3n) is 14.8. The largest absolute Gasteiger partial charge is 0.462 e. The van der Waals surface area contributed by atoms with Crippen molar-refractivity contribution in [1.29, 1.82) is 0 Å². The molecule has 0 bridgehead atoms. The lowest BCUT2D eigenvalue weighted by atomic mass is 10.1. The van der Waals surface area contributed by atoms with Crippen LogP contribution in [0.15, 0.2) is 109 Å². The Kier molecular flexibility index (Phi) is 65.2. The van der Waals surface area contributed by atoms with E-state index >= 15 is 0 Å². The molecule has 0 aromatic heterocycles. The quantitative estimate of drug-likeness (QED) is 0.0261. The first kappa shape index (κ1) is 77.1. The molecule has 6 heteroatoms. The van der Waals surface area contributed by atoms with E-state index in [0.717, 1.165) is 109 Å². The van der Waals surface area contributed by atoms with Gasteiger partial charge < -0.3 is 14.2 Å². The summed E-state index contributed by atoms with van der Waals surface area (Å²) in [7, 11) is 0. The van der Waals surface area contributed by atoms with Crippen molar-refractivity contribution in [2.24, 2.45) is 0 Å². The fraction of sp³-hybridized carbons (Fsp3) is 0.720. The molecule has 0 aliphatic rings. The van der Waals surface area contributed by atoms with Crippen LogP contribution in [0.1, 0.15) is 329 Å². The van der Waals surface area contributed by atoms with Gasteiger partial charge >= 0.3 is 17.9 Å². The second-order valence-corrected chi connectivity index (χ2v) is 22.7. The van der Waals surface area contributed by atoms with Crippen LogP contribution < -0.4 is 0 Å². The summed E-state index contributed by atoms with van der Waals surface area (Å²) in [4.78, 5) is 38.3. The van der Waals surface area contributed by atoms with Crippen LogP contribution in [-0.2, 0) is 28.6 Å². The molecule has 0 saturated heterocycles. The summed E-state index contributed by atoms with van der Waals surface area (Å²) < 4.78 is 16.9. The van der Waals surface area contributed by atoms with Crippen molar-refractivity contribution < 1.29 is 28.6 Å². The van der Waals surface area contributed by atoms with Gasteiger partial charge in [0, 0.05) is 19.3 Å². The number of esters is 3. The average molecular weight is 1130 g/mol. The SMILES string of the molecule is CC/C=C\C/C=C\C/C=C\C/C=C\C/C=C\C/C=C\C/C=C\C/C=C\CCCCCCCCCCCCC(=O)OCC(COC(=O)CCCCCCCCCCCCC)OC(=O)CCCCCCCCC/C=C\CCCCCCCC. The molecule has 1 atom stereocenters. The monoisotopic (exact) mass is 1120 g/mol. The molecule has 0 rings (SSSR count). The maximum atomic E-state index is 12.9. The molecule has 0 aromatic carbocycles. The van der Waals surface area contributed by atoms with Crippen molar-refractivity contribution in [3.8, 4) is 0 Å². The Balaban J connectivity index is 4.19. The van der Waals surface area contributed by atoms with E-state index in [1.54, 1.807) is 0 Å². The van der Waals surface area contributed by atoms with E-state index in [9.17, 15) is 14.4 Å². The minimum absolute atomic E-state index is 0.0771. The number of carbonyl (C=O) groups is 3. The van der Waals surface area contributed by atoms with Gasteiger partial charge in [-0.25, -0.2) is 0 Å². The fourth-order valence-corrected chi connectivity index (χ4v) is 9.63. The van der Waals surface area contributed by atoms with E-state index in [4.69, 9.17) is 14.2 Å². The predicted molar refractivity (Wildman–Crippen MR) is 353 cm³/mol. The van der Waals surface area contributed by atoms with Gasteiger partial charge in [0.25, 0.3) is 0 Å². The van der Waals surface area contributed by atoms with Gasteiger partial charge in [0.2, 0.25) is 0 Å². The van der Waals surface area contributed by atoms with Crippen molar-refractivity contribution in [2.75, 3.05) is 13.2 Å². The van der Waals surface area contributed by atoms with Crippen LogP contribution in [0.5, 0.6) is 0 Å². The first-order valence-electron chi connectivity index (χ1n) is 34.4. The lowest BCUT2D eigenvalue weighted by Crippen LogP contribution is -2.30. The smallest absolute Gasteiger partial charge is 0.306 e. The molecule has 0 aliphatic carbocycles. The second kappa shape index (κ2) is 68.6. The first-order chi connectivity index (χ1) is 40.0. The molecular formula is C75H128O6. The van der Waals surface area contributed by atoms with Crippen LogP contribution in [0.25, 0.3) is 0 Å². The van der Waals surface area contributed by atoms with Crippen LogP contribution in [0.3, 0.4) is 0 Å². The van der Waals surface area contributed by atoms with E-state index in [1.165, 1.54) is 180 Å². The highest BCUT2D eigenvalue weighted by Gasteiger charge is 2.19. The van der Waals surface area contributed by atoms with Gasteiger partial charge in [0.05, 0.1) is 0 Å². The highest BCUT2D eigenvalue weighted by molar-refractivity contribution is 5.71. The van der Waals surface area contributed by atoms with Crippen molar-refractivity contribution >= 4 is 17.9 Å². The molecule has 0 N–H and O–H groups in total. The van der Waals surface area contributed by atoms with Gasteiger partial charge in [-0.05, 0) is 109 Å². The van der Waals surface area contributed by atoms with Gasteiger partial charge in [0.15, 0.2) is 6.10 Å². The Labute approximate surface area is 501 Å². The summed E-state index contributed by atoms with van der Waals surface area (Å²) in [5.41, 5.74) is 0. The predicted octanol–water partition coefficient (Wildman–Crippen LogP) is 23.8. The normalized spacial score (nSPS) is 12.8. The summed E-state index contributed by atoms with van der Waals surface area (Å²) >= 11 is 0. The summed E-state index contributed by atoms with van der Waals surface area (Å²) in [6.45, 7) is 6.54. The Morgan fingerprint density at radius 1 is 0.259 bits per heavy atom. The highest BCUT2D eigenvalue weighted by atomic mass is 16.6. The van der Waals surface area contributed by atoms with Crippen molar-refractivity contribution in [1.82, 2.24) is 0 Å². The molecule has 81 heavy (non-hydrogen) atoms. The van der Waals surface area contributed by atoms with Crippen molar-refractivity contribution in [3.63, 3.8) is 0 Å². The fourth-order valence-electron chi connectivity index (χ4n) is 9.63. The van der Waals surface area contributed by atoms with Crippen molar-refractivity contribution in [3.05, 3.63) is 109 Å². The van der Waals surface area contributed by atoms with Crippen LogP contribution >= 0.6 is 0 Å². The Bertz CT molecular complexity index is 1620. The molecule has 0 spiro atoms. The second-order valence-electron chi connectivity index (χ2n) is 22.7. The number of allylic oxidation sites excluding steroid dienone is 18. The molecule has 0 radical (unpaired) electrons. The number of unbranched alkanes of at least 4 members (excludes halogenated alkanes) is 33. The zero-order valence-electron chi connectivity index (χ0n) is 53.3. The minimum Gasteiger partial charge on any atom is -0.462 e. The molecule has 464 valence electrons. The Hall–Kier alpha value is -3.93. The topological polar surface area (TPSA) is 78.9 Å². The molecule has 0 amide bonds. The van der Waals surface area contributed by atoms with Gasteiger partial charge in [0.1, 0.15) is 13.2 Å². The number of hydrogen-bond donors (Lipinski definition) is 0. The van der Waals surface area contributed by atoms with E-state index in [0.29, 0.717) is 19.3 Å². The molecule has 0 aliphatic heterocycles. The number of hydrogen-bond acceptors (Lipinski definition) is 6. The maximum Gasteiger partial charge on any atom is 0.306 e. The number of rotatable bonds is 62. The zero-order chi connectivity index (χ0) is 58.5. The molecule has 0 aromatic rings. The number of carbonyl (C=O) groups excluding carboxylic acids is 3. The number of ether oxygens (including phenoxy) is 3. The minimum atomic E-state index is -0.781. The molecule has 0 saturated carbocycles. The average Bonchev–Trinajstić information content (AvgIpc) is 3.47. The van der Waals surface area contributed by atoms with E-state index in [1.807, 2.05) is 0 Å². The van der Waals surface area contributed by atoms with Crippen LogP contribution in [0.2, 0.25) is 0 Å². The van der Waals surface area contributed by atoms with Crippen LogP contribution in [0.4, 0.5) is 0 Å². The first-order valence-corrected chi connectivity index (χ1v) is 34.4. The molecule has 6 nitrogen and oxygen atoms in total. The summed E-state index contributed by atoms with van der Waals surface area (Å²) in [6.07, 6.45) is 94.0. The Morgan fingerprint density at radius 3 is 0.765 bits per heavy atom. The third-order valence-corrected chi connectivity index (χ3v) is 14.8. The van der Waals surface area contributed by atoms with Gasteiger partial charge in [-0.1, -0.05) is 310 Å². The van der Waals surface area contributed by atoms with E-state index in [-0.39, 0.29) is 31.1 Å². The lowest BCUT2D eigenvalue weighted by molar-refractivity contribution is -0.167. The Morgan fingerprint density at radius 2 is 0.481 bits per heavy atom.